The third-order valence-corrected chi connectivity index (χ3v) is 2.99. The van der Waals surface area contributed by atoms with Crippen LogP contribution in [0.1, 0.15) is 26.7 Å². The van der Waals surface area contributed by atoms with Crippen molar-refractivity contribution in [3.63, 3.8) is 0 Å². The van der Waals surface area contributed by atoms with Gasteiger partial charge in [0.25, 0.3) is 0 Å². The minimum Gasteiger partial charge on any atom is -0.299 e. The molecule has 0 aromatic carbocycles. The highest BCUT2D eigenvalue weighted by Gasteiger charge is 2.25. The summed E-state index contributed by atoms with van der Waals surface area (Å²) in [5.41, 5.74) is 1.62. The summed E-state index contributed by atoms with van der Waals surface area (Å²) in [5, 5.41) is 0. The molecule has 2 heteroatoms. The van der Waals surface area contributed by atoms with E-state index in [-0.39, 0.29) is 0 Å². The van der Waals surface area contributed by atoms with E-state index in [0.717, 1.165) is 12.1 Å². The lowest BCUT2D eigenvalue weighted by molar-refractivity contribution is 0.127. The molecule has 1 saturated heterocycles. The number of piperidine rings is 1. The number of halogens is 1. The van der Waals surface area contributed by atoms with Crippen LogP contribution in [-0.2, 0) is 0 Å². The van der Waals surface area contributed by atoms with Crippen LogP contribution in [0.25, 0.3) is 0 Å². The molecule has 0 aliphatic carbocycles. The van der Waals surface area contributed by atoms with E-state index in [2.05, 4.69) is 25.3 Å². The van der Waals surface area contributed by atoms with Crippen LogP contribution in [0.15, 0.2) is 12.2 Å². The van der Waals surface area contributed by atoms with Gasteiger partial charge in [-0.25, -0.2) is 0 Å². The Bertz CT molecular complexity index is 187. The molecule has 1 heterocycles. The minimum atomic E-state index is 0.477. The first-order valence-electron chi connectivity index (χ1n) is 4.98. The van der Waals surface area contributed by atoms with E-state index in [1.165, 1.54) is 25.9 Å². The third-order valence-electron chi connectivity index (χ3n) is 2.62. The summed E-state index contributed by atoms with van der Waals surface area (Å²) in [7, 11) is 0. The zero-order valence-electron chi connectivity index (χ0n) is 8.77. The summed E-state index contributed by atoms with van der Waals surface area (Å²) in [5.74, 6) is 0.594. The Morgan fingerprint density at radius 2 is 2.23 bits per heavy atom. The average Bonchev–Trinajstić information content (AvgIpc) is 2.02. The van der Waals surface area contributed by atoms with Crippen molar-refractivity contribution in [2.24, 2.45) is 5.41 Å². The van der Waals surface area contributed by atoms with Crippen LogP contribution < -0.4 is 0 Å². The number of hydrogen-bond acceptors (Lipinski definition) is 1. The summed E-state index contributed by atoms with van der Waals surface area (Å²) >= 11 is 5.72. The molecule has 1 nitrogen and oxygen atoms in total. The van der Waals surface area contributed by atoms with Crippen LogP contribution in [0, 0.1) is 5.41 Å². The molecule has 0 saturated carbocycles. The van der Waals surface area contributed by atoms with Crippen molar-refractivity contribution in [3.05, 3.63) is 12.2 Å². The van der Waals surface area contributed by atoms with E-state index < -0.39 is 0 Å². The van der Waals surface area contributed by atoms with E-state index in [0.29, 0.717) is 11.3 Å². The number of nitrogens with zero attached hydrogens (tertiary/aromatic N) is 1. The van der Waals surface area contributed by atoms with E-state index in [4.69, 9.17) is 11.6 Å². The van der Waals surface area contributed by atoms with Crippen LogP contribution >= 0.6 is 11.6 Å². The van der Waals surface area contributed by atoms with Gasteiger partial charge in [0.2, 0.25) is 0 Å². The van der Waals surface area contributed by atoms with Crippen LogP contribution in [0.3, 0.4) is 0 Å². The molecule has 0 spiro atoms. The van der Waals surface area contributed by atoms with Gasteiger partial charge >= 0.3 is 0 Å². The molecule has 1 aliphatic heterocycles. The fourth-order valence-electron chi connectivity index (χ4n) is 2.04. The molecular formula is C11H20ClN. The van der Waals surface area contributed by atoms with Gasteiger partial charge in [0.05, 0.1) is 0 Å². The maximum absolute atomic E-state index is 5.72. The van der Waals surface area contributed by atoms with Crippen molar-refractivity contribution >= 4 is 11.6 Å². The fraction of sp³-hybridized carbons (Fsp3) is 0.818. The van der Waals surface area contributed by atoms with Crippen LogP contribution in [0.5, 0.6) is 0 Å². The molecule has 76 valence electrons. The second-order valence-corrected chi connectivity index (χ2v) is 5.13. The van der Waals surface area contributed by atoms with Crippen LogP contribution in [0.4, 0.5) is 0 Å². The minimum absolute atomic E-state index is 0.477. The van der Waals surface area contributed by atoms with Gasteiger partial charge in [0.1, 0.15) is 0 Å². The summed E-state index contributed by atoms with van der Waals surface area (Å²) in [4.78, 5) is 2.47. The van der Waals surface area contributed by atoms with E-state index in [9.17, 15) is 0 Å². The molecule has 0 amide bonds. The van der Waals surface area contributed by atoms with Crippen molar-refractivity contribution < 1.29 is 0 Å². The Balaban J connectivity index is 2.39. The molecule has 0 aromatic heterocycles. The van der Waals surface area contributed by atoms with Gasteiger partial charge in [-0.1, -0.05) is 20.4 Å². The van der Waals surface area contributed by atoms with Crippen LogP contribution in [-0.4, -0.2) is 30.4 Å². The second kappa shape index (κ2) is 4.47. The molecule has 0 radical (unpaired) electrons. The quantitative estimate of drug-likeness (QED) is 0.502. The lowest BCUT2D eigenvalue weighted by atomic mass is 9.84. The Morgan fingerprint density at radius 3 is 2.77 bits per heavy atom. The Kier molecular flexibility index (Phi) is 3.81. The smallest absolute Gasteiger partial charge is 0.0443 e. The molecule has 1 fully saturated rings. The van der Waals surface area contributed by atoms with Gasteiger partial charge in [-0.05, 0) is 30.4 Å². The molecule has 1 aliphatic rings. The molecule has 0 bridgehead atoms. The Morgan fingerprint density at radius 1 is 1.54 bits per heavy atom. The summed E-state index contributed by atoms with van der Waals surface area (Å²) < 4.78 is 0. The molecule has 1 rings (SSSR count). The maximum atomic E-state index is 5.72. The Hall–Kier alpha value is -0.0100. The molecule has 0 N–H and O–H groups in total. The van der Waals surface area contributed by atoms with Gasteiger partial charge in [0, 0.05) is 19.0 Å². The molecule has 0 unspecified atom stereocenters. The number of rotatable bonds is 3. The topological polar surface area (TPSA) is 3.24 Å². The highest BCUT2D eigenvalue weighted by Crippen LogP contribution is 2.28. The molecular weight excluding hydrogens is 182 g/mol. The maximum Gasteiger partial charge on any atom is 0.0443 e. The first-order chi connectivity index (χ1) is 6.03. The monoisotopic (exact) mass is 201 g/mol. The van der Waals surface area contributed by atoms with Gasteiger partial charge in [-0.2, -0.15) is 0 Å². The summed E-state index contributed by atoms with van der Waals surface area (Å²) in [6.07, 6.45) is 2.65. The van der Waals surface area contributed by atoms with Crippen molar-refractivity contribution in [2.45, 2.75) is 26.7 Å². The molecule has 0 aromatic rings. The Labute approximate surface area is 86.8 Å². The predicted octanol–water partition coefficient (Wildman–Crippen LogP) is 2.90. The van der Waals surface area contributed by atoms with Gasteiger partial charge < -0.3 is 0 Å². The lowest BCUT2D eigenvalue weighted by Crippen LogP contribution is -2.40. The fourth-order valence-corrected chi connectivity index (χ4v) is 2.12. The first kappa shape index (κ1) is 11.1. The zero-order chi connectivity index (χ0) is 9.90. The first-order valence-corrected chi connectivity index (χ1v) is 5.52. The summed E-state index contributed by atoms with van der Waals surface area (Å²) in [6.45, 7) is 12.0. The molecule has 0 atom stereocenters. The predicted molar refractivity (Wildman–Crippen MR) is 59.3 cm³/mol. The number of hydrogen-bond donors (Lipinski definition) is 0. The van der Waals surface area contributed by atoms with E-state index in [1.807, 2.05) is 0 Å². The van der Waals surface area contributed by atoms with E-state index >= 15 is 0 Å². The zero-order valence-corrected chi connectivity index (χ0v) is 9.53. The standard InChI is InChI=1S/C11H20ClN/c1-10(7-12)8-13-6-4-5-11(2,3)9-13/h1,4-9H2,2-3H3. The second-order valence-electron chi connectivity index (χ2n) is 4.86. The van der Waals surface area contributed by atoms with Gasteiger partial charge in [-0.3, -0.25) is 4.90 Å². The van der Waals surface area contributed by atoms with Crippen molar-refractivity contribution in [1.82, 2.24) is 4.90 Å². The van der Waals surface area contributed by atoms with Crippen LogP contribution in [0.2, 0.25) is 0 Å². The SMILES string of the molecule is C=C(CCl)CN1CCCC(C)(C)C1. The largest absolute Gasteiger partial charge is 0.299 e. The highest BCUT2D eigenvalue weighted by molar-refractivity contribution is 6.19. The highest BCUT2D eigenvalue weighted by atomic mass is 35.5. The normalized spacial score (nSPS) is 23.0. The van der Waals surface area contributed by atoms with Gasteiger partial charge in [-0.15, -0.1) is 11.6 Å². The van der Waals surface area contributed by atoms with E-state index in [1.54, 1.807) is 0 Å². The van der Waals surface area contributed by atoms with Crippen molar-refractivity contribution in [3.8, 4) is 0 Å². The third kappa shape index (κ3) is 3.70. The van der Waals surface area contributed by atoms with Gasteiger partial charge in [0.15, 0.2) is 0 Å². The number of alkyl halides is 1. The number of likely N-dealkylation sites (tertiary alicyclic amines) is 1. The molecule has 13 heavy (non-hydrogen) atoms. The summed E-state index contributed by atoms with van der Waals surface area (Å²) in [6, 6.07) is 0. The lowest BCUT2D eigenvalue weighted by Gasteiger charge is -2.38. The van der Waals surface area contributed by atoms with Crippen molar-refractivity contribution in [2.75, 3.05) is 25.5 Å². The van der Waals surface area contributed by atoms with Crippen molar-refractivity contribution in [1.29, 1.82) is 0 Å². The average molecular weight is 202 g/mol.